The van der Waals surface area contributed by atoms with Gasteiger partial charge in [-0.3, -0.25) is 9.78 Å². The van der Waals surface area contributed by atoms with E-state index in [0.717, 1.165) is 18.8 Å². The van der Waals surface area contributed by atoms with E-state index in [9.17, 15) is 4.79 Å². The van der Waals surface area contributed by atoms with E-state index in [1.54, 1.807) is 17.1 Å². The van der Waals surface area contributed by atoms with Crippen LogP contribution in [0.3, 0.4) is 0 Å². The molecule has 0 radical (unpaired) electrons. The van der Waals surface area contributed by atoms with Gasteiger partial charge in [-0.15, -0.1) is 5.10 Å². The standard InChI is InChI=1S/C15H20N6O/c1-3-21-14(11-17-18-21)15(22)20-8-6-19(7-9-20)13-10-16-5-4-12(13)2/h4-5,10-11H,3,6-9H2,1-2H3. The number of piperazine rings is 1. The van der Waals surface area contributed by atoms with Gasteiger partial charge in [-0.2, -0.15) is 0 Å². The summed E-state index contributed by atoms with van der Waals surface area (Å²) >= 11 is 0. The monoisotopic (exact) mass is 300 g/mol. The molecule has 7 nitrogen and oxygen atoms in total. The van der Waals surface area contributed by atoms with Gasteiger partial charge in [0.25, 0.3) is 5.91 Å². The third kappa shape index (κ3) is 2.66. The highest BCUT2D eigenvalue weighted by molar-refractivity contribution is 5.92. The molecular formula is C15H20N6O. The van der Waals surface area contributed by atoms with Crippen LogP contribution >= 0.6 is 0 Å². The van der Waals surface area contributed by atoms with Gasteiger partial charge in [-0.25, -0.2) is 4.68 Å². The van der Waals surface area contributed by atoms with Crippen LogP contribution in [0, 0.1) is 6.92 Å². The Morgan fingerprint density at radius 3 is 2.68 bits per heavy atom. The van der Waals surface area contributed by atoms with Crippen molar-refractivity contribution in [1.82, 2.24) is 24.9 Å². The molecule has 3 rings (SSSR count). The van der Waals surface area contributed by atoms with E-state index in [0.29, 0.717) is 25.3 Å². The molecule has 0 saturated carbocycles. The molecule has 0 aromatic carbocycles. The average Bonchev–Trinajstić information content (AvgIpc) is 3.03. The van der Waals surface area contributed by atoms with Crippen LogP contribution in [0.15, 0.2) is 24.7 Å². The van der Waals surface area contributed by atoms with Gasteiger partial charge in [-0.1, -0.05) is 5.21 Å². The Morgan fingerprint density at radius 2 is 2.00 bits per heavy atom. The lowest BCUT2D eigenvalue weighted by molar-refractivity contribution is 0.0734. The summed E-state index contributed by atoms with van der Waals surface area (Å²) in [5.41, 5.74) is 2.92. The Morgan fingerprint density at radius 1 is 1.23 bits per heavy atom. The molecule has 1 saturated heterocycles. The number of aryl methyl sites for hydroxylation is 2. The first-order chi connectivity index (χ1) is 10.7. The normalized spacial score (nSPS) is 15.2. The Hall–Kier alpha value is -2.44. The van der Waals surface area contributed by atoms with Crippen LogP contribution < -0.4 is 4.90 Å². The number of carbonyl (C=O) groups excluding carboxylic acids is 1. The third-order valence-electron chi connectivity index (χ3n) is 4.06. The summed E-state index contributed by atoms with van der Waals surface area (Å²) < 4.78 is 1.64. The van der Waals surface area contributed by atoms with Crippen molar-refractivity contribution >= 4 is 11.6 Å². The van der Waals surface area contributed by atoms with Crippen molar-refractivity contribution in [3.8, 4) is 0 Å². The molecule has 2 aromatic rings. The quantitative estimate of drug-likeness (QED) is 0.845. The van der Waals surface area contributed by atoms with Crippen molar-refractivity contribution in [2.45, 2.75) is 20.4 Å². The van der Waals surface area contributed by atoms with Gasteiger partial charge < -0.3 is 9.80 Å². The van der Waals surface area contributed by atoms with E-state index in [2.05, 4.69) is 27.1 Å². The maximum atomic E-state index is 12.5. The zero-order valence-electron chi connectivity index (χ0n) is 12.9. The Balaban J connectivity index is 1.67. The van der Waals surface area contributed by atoms with E-state index in [1.165, 1.54) is 5.56 Å². The second-order valence-corrected chi connectivity index (χ2v) is 5.38. The van der Waals surface area contributed by atoms with E-state index in [-0.39, 0.29) is 5.91 Å². The van der Waals surface area contributed by atoms with Crippen molar-refractivity contribution in [2.24, 2.45) is 0 Å². The highest BCUT2D eigenvalue weighted by atomic mass is 16.2. The number of pyridine rings is 1. The van der Waals surface area contributed by atoms with Crippen molar-refractivity contribution in [3.63, 3.8) is 0 Å². The number of amides is 1. The lowest BCUT2D eigenvalue weighted by Crippen LogP contribution is -2.49. The van der Waals surface area contributed by atoms with Gasteiger partial charge in [0.1, 0.15) is 5.69 Å². The minimum atomic E-state index is 0.00871. The smallest absolute Gasteiger partial charge is 0.273 e. The van der Waals surface area contributed by atoms with Crippen LogP contribution in [-0.2, 0) is 6.54 Å². The molecule has 0 unspecified atom stereocenters. The first-order valence-electron chi connectivity index (χ1n) is 7.54. The molecule has 0 spiro atoms. The molecule has 0 N–H and O–H groups in total. The molecule has 116 valence electrons. The molecule has 1 amide bonds. The predicted octanol–water partition coefficient (Wildman–Crippen LogP) is 0.964. The summed E-state index contributed by atoms with van der Waals surface area (Å²) in [6.07, 6.45) is 5.24. The molecule has 0 aliphatic carbocycles. The lowest BCUT2D eigenvalue weighted by atomic mass is 10.2. The average molecular weight is 300 g/mol. The molecule has 1 aliphatic rings. The second-order valence-electron chi connectivity index (χ2n) is 5.38. The number of nitrogens with zero attached hydrogens (tertiary/aromatic N) is 6. The van der Waals surface area contributed by atoms with Crippen LogP contribution in [0.25, 0.3) is 0 Å². The number of hydrogen-bond acceptors (Lipinski definition) is 5. The van der Waals surface area contributed by atoms with Crippen molar-refractivity contribution in [2.75, 3.05) is 31.1 Å². The van der Waals surface area contributed by atoms with Gasteiger partial charge in [0, 0.05) is 38.9 Å². The number of hydrogen-bond donors (Lipinski definition) is 0. The summed E-state index contributed by atoms with van der Waals surface area (Å²) in [7, 11) is 0. The largest absolute Gasteiger partial charge is 0.367 e. The van der Waals surface area contributed by atoms with Gasteiger partial charge in [-0.05, 0) is 25.5 Å². The summed E-state index contributed by atoms with van der Waals surface area (Å²) in [4.78, 5) is 20.9. The Bertz CT molecular complexity index is 660. The second kappa shape index (κ2) is 6.13. The van der Waals surface area contributed by atoms with Crippen molar-refractivity contribution < 1.29 is 4.79 Å². The molecule has 22 heavy (non-hydrogen) atoms. The van der Waals surface area contributed by atoms with Gasteiger partial charge in [0.15, 0.2) is 0 Å². The fourth-order valence-electron chi connectivity index (χ4n) is 2.76. The van der Waals surface area contributed by atoms with E-state index >= 15 is 0 Å². The number of aromatic nitrogens is 4. The third-order valence-corrected chi connectivity index (χ3v) is 4.06. The molecule has 1 fully saturated rings. The summed E-state index contributed by atoms with van der Waals surface area (Å²) in [5.74, 6) is 0.00871. The Labute approximate surface area is 129 Å². The molecule has 7 heteroatoms. The van der Waals surface area contributed by atoms with E-state index < -0.39 is 0 Å². The highest BCUT2D eigenvalue weighted by Crippen LogP contribution is 2.20. The lowest BCUT2D eigenvalue weighted by Gasteiger charge is -2.36. The number of rotatable bonds is 3. The van der Waals surface area contributed by atoms with Gasteiger partial charge in [0.05, 0.1) is 18.1 Å². The topological polar surface area (TPSA) is 67.2 Å². The van der Waals surface area contributed by atoms with Gasteiger partial charge >= 0.3 is 0 Å². The van der Waals surface area contributed by atoms with Crippen molar-refractivity contribution in [1.29, 1.82) is 0 Å². The maximum Gasteiger partial charge on any atom is 0.273 e. The molecular weight excluding hydrogens is 280 g/mol. The fraction of sp³-hybridized carbons (Fsp3) is 0.467. The van der Waals surface area contributed by atoms with Crippen LogP contribution in [-0.4, -0.2) is 57.0 Å². The molecule has 2 aromatic heterocycles. The SMILES string of the molecule is CCn1nncc1C(=O)N1CCN(c2cnccc2C)CC1. The predicted molar refractivity (Wildman–Crippen MR) is 82.8 cm³/mol. The number of anilines is 1. The zero-order chi connectivity index (χ0) is 15.5. The van der Waals surface area contributed by atoms with Crippen LogP contribution in [0.5, 0.6) is 0 Å². The first kappa shape index (κ1) is 14.5. The highest BCUT2D eigenvalue weighted by Gasteiger charge is 2.25. The minimum absolute atomic E-state index is 0.00871. The van der Waals surface area contributed by atoms with Crippen molar-refractivity contribution in [3.05, 3.63) is 35.9 Å². The molecule has 0 bridgehead atoms. The summed E-state index contributed by atoms with van der Waals surface area (Å²) in [6, 6.07) is 2.01. The van der Waals surface area contributed by atoms with Crippen LogP contribution in [0.1, 0.15) is 23.0 Å². The zero-order valence-corrected chi connectivity index (χ0v) is 12.9. The molecule has 3 heterocycles. The minimum Gasteiger partial charge on any atom is -0.367 e. The summed E-state index contributed by atoms with van der Waals surface area (Å²) in [5, 5.41) is 7.76. The van der Waals surface area contributed by atoms with Gasteiger partial charge in [0.2, 0.25) is 0 Å². The van der Waals surface area contributed by atoms with E-state index in [1.807, 2.05) is 24.1 Å². The Kier molecular flexibility index (Phi) is 4.04. The molecule has 0 atom stereocenters. The molecule has 1 aliphatic heterocycles. The maximum absolute atomic E-state index is 12.5. The van der Waals surface area contributed by atoms with Crippen LogP contribution in [0.4, 0.5) is 5.69 Å². The van der Waals surface area contributed by atoms with E-state index in [4.69, 9.17) is 0 Å². The first-order valence-corrected chi connectivity index (χ1v) is 7.54. The summed E-state index contributed by atoms with van der Waals surface area (Å²) in [6.45, 7) is 7.70. The van der Waals surface area contributed by atoms with Crippen LogP contribution in [0.2, 0.25) is 0 Å². The fourth-order valence-corrected chi connectivity index (χ4v) is 2.76. The number of carbonyl (C=O) groups is 1.